The maximum atomic E-state index is 11.2. The highest BCUT2D eigenvalue weighted by Crippen LogP contribution is 2.29. The highest BCUT2D eigenvalue weighted by Gasteiger charge is 2.15. The van der Waals surface area contributed by atoms with Crippen LogP contribution in [0.4, 0.5) is 0 Å². The number of rotatable bonds is 7. The second kappa shape index (κ2) is 8.44. The van der Waals surface area contributed by atoms with Gasteiger partial charge in [0.2, 0.25) is 0 Å². The smallest absolute Gasteiger partial charge is 0.347 e. The van der Waals surface area contributed by atoms with Crippen LogP contribution in [-0.4, -0.2) is 29.3 Å². The summed E-state index contributed by atoms with van der Waals surface area (Å²) in [6, 6.07) is 11.7. The van der Waals surface area contributed by atoms with E-state index in [1.54, 1.807) is 6.92 Å². The van der Waals surface area contributed by atoms with E-state index >= 15 is 0 Å². The number of aromatic nitrogens is 1. The normalized spacial score (nSPS) is 10.7. The van der Waals surface area contributed by atoms with Gasteiger partial charge in [-0.15, -0.1) is 11.3 Å². The Labute approximate surface area is 168 Å². The Morgan fingerprint density at radius 3 is 2.36 bits per heavy atom. The summed E-state index contributed by atoms with van der Waals surface area (Å²) in [6.07, 6.45) is 0. The van der Waals surface area contributed by atoms with Crippen molar-refractivity contribution in [3.05, 3.63) is 63.7 Å². The van der Waals surface area contributed by atoms with E-state index in [1.165, 1.54) is 22.5 Å². The van der Waals surface area contributed by atoms with E-state index in [2.05, 4.69) is 31.8 Å². The van der Waals surface area contributed by atoms with Gasteiger partial charge in [-0.2, -0.15) is 0 Å². The summed E-state index contributed by atoms with van der Waals surface area (Å²) in [7, 11) is 0. The van der Waals surface area contributed by atoms with Gasteiger partial charge in [0.1, 0.15) is 34.6 Å². The molecule has 146 valence electrons. The average molecular weight is 397 g/mol. The van der Waals surface area contributed by atoms with E-state index in [9.17, 15) is 4.79 Å². The first-order valence-corrected chi connectivity index (χ1v) is 9.81. The highest BCUT2D eigenvalue weighted by atomic mass is 32.1. The molecule has 28 heavy (non-hydrogen) atoms. The Balaban J connectivity index is 1.57. The molecular formula is C22H23NO4S. The zero-order valence-electron chi connectivity index (χ0n) is 16.4. The lowest BCUT2D eigenvalue weighted by atomic mass is 10.1. The predicted molar refractivity (Wildman–Crippen MR) is 111 cm³/mol. The molecule has 2 aromatic carbocycles. The van der Waals surface area contributed by atoms with Crippen molar-refractivity contribution in [2.24, 2.45) is 0 Å². The lowest BCUT2D eigenvalue weighted by Gasteiger charge is -2.13. The minimum Gasteiger partial charge on any atom is -0.490 e. The Morgan fingerprint density at radius 1 is 1.04 bits per heavy atom. The number of carbonyl (C=O) groups is 1. The third kappa shape index (κ3) is 4.51. The first-order valence-electron chi connectivity index (χ1n) is 8.99. The van der Waals surface area contributed by atoms with Gasteiger partial charge in [0, 0.05) is 5.56 Å². The van der Waals surface area contributed by atoms with Gasteiger partial charge in [0.15, 0.2) is 0 Å². The number of nitrogens with zero attached hydrogens (tertiary/aromatic N) is 1. The fraction of sp³-hybridized carbons (Fsp3) is 0.273. The maximum absolute atomic E-state index is 11.2. The first-order chi connectivity index (χ1) is 13.3. The van der Waals surface area contributed by atoms with E-state index in [4.69, 9.17) is 14.6 Å². The Hall–Kier alpha value is -2.86. The molecule has 0 spiro atoms. The molecule has 0 atom stereocenters. The number of thiazole rings is 1. The molecule has 1 N–H and O–H groups in total. The van der Waals surface area contributed by atoms with Crippen LogP contribution in [0.25, 0.3) is 10.6 Å². The molecule has 1 aromatic heterocycles. The minimum absolute atomic E-state index is 0.272. The van der Waals surface area contributed by atoms with Gasteiger partial charge in [-0.3, -0.25) is 0 Å². The zero-order chi connectivity index (χ0) is 20.3. The van der Waals surface area contributed by atoms with Crippen LogP contribution >= 0.6 is 11.3 Å². The van der Waals surface area contributed by atoms with E-state index < -0.39 is 5.97 Å². The molecule has 5 nitrogen and oxygen atoms in total. The molecular weight excluding hydrogens is 374 g/mol. The van der Waals surface area contributed by atoms with Gasteiger partial charge < -0.3 is 14.6 Å². The van der Waals surface area contributed by atoms with Crippen molar-refractivity contribution in [1.29, 1.82) is 0 Å². The van der Waals surface area contributed by atoms with Crippen molar-refractivity contribution >= 4 is 17.3 Å². The monoisotopic (exact) mass is 397 g/mol. The van der Waals surface area contributed by atoms with E-state index in [0.29, 0.717) is 23.9 Å². The van der Waals surface area contributed by atoms with Crippen LogP contribution in [0.3, 0.4) is 0 Å². The fourth-order valence-electron chi connectivity index (χ4n) is 2.87. The lowest BCUT2D eigenvalue weighted by Crippen LogP contribution is -2.10. The quantitative estimate of drug-likeness (QED) is 0.555. The number of carboxylic acid groups (broad SMARTS) is 1. The van der Waals surface area contributed by atoms with Crippen molar-refractivity contribution in [2.45, 2.75) is 27.7 Å². The summed E-state index contributed by atoms with van der Waals surface area (Å²) in [6.45, 7) is 8.79. The number of benzene rings is 2. The lowest BCUT2D eigenvalue weighted by molar-refractivity contribution is 0.0701. The first kappa shape index (κ1) is 19.9. The number of hydrogen-bond donors (Lipinski definition) is 1. The number of aromatic carboxylic acids is 1. The van der Waals surface area contributed by atoms with Crippen molar-refractivity contribution in [3.63, 3.8) is 0 Å². The second-order valence-electron chi connectivity index (χ2n) is 6.66. The van der Waals surface area contributed by atoms with Gasteiger partial charge in [-0.25, -0.2) is 9.78 Å². The third-order valence-electron chi connectivity index (χ3n) is 4.47. The molecule has 6 heteroatoms. The van der Waals surface area contributed by atoms with Crippen molar-refractivity contribution in [2.75, 3.05) is 13.2 Å². The summed E-state index contributed by atoms with van der Waals surface area (Å²) in [4.78, 5) is 15.8. The van der Waals surface area contributed by atoms with Crippen LogP contribution in [0, 0.1) is 27.7 Å². The van der Waals surface area contributed by atoms with Crippen LogP contribution in [0.1, 0.15) is 32.1 Å². The molecule has 0 aliphatic carbocycles. The fourth-order valence-corrected chi connectivity index (χ4v) is 3.78. The molecule has 0 amide bonds. The average Bonchev–Trinajstić information content (AvgIpc) is 3.05. The molecule has 3 aromatic rings. The van der Waals surface area contributed by atoms with Gasteiger partial charge in [-0.05, 0) is 74.7 Å². The highest BCUT2D eigenvalue weighted by molar-refractivity contribution is 7.17. The molecule has 3 rings (SSSR count). The molecule has 1 heterocycles. The van der Waals surface area contributed by atoms with Gasteiger partial charge in [0.05, 0.1) is 5.69 Å². The summed E-state index contributed by atoms with van der Waals surface area (Å²) >= 11 is 1.18. The number of ether oxygens (including phenoxy) is 2. The molecule has 0 bridgehead atoms. The van der Waals surface area contributed by atoms with E-state index in [-0.39, 0.29) is 4.88 Å². The Bertz CT molecular complexity index is 993. The predicted octanol–water partition coefficient (Wildman–Crippen LogP) is 5.20. The molecule has 0 aliphatic heterocycles. The Kier molecular flexibility index (Phi) is 5.99. The number of aryl methyl sites for hydroxylation is 3. The largest absolute Gasteiger partial charge is 0.490 e. The minimum atomic E-state index is -0.944. The van der Waals surface area contributed by atoms with Gasteiger partial charge in [-0.1, -0.05) is 6.07 Å². The molecule has 0 fully saturated rings. The van der Waals surface area contributed by atoms with Crippen LogP contribution in [0.15, 0.2) is 36.4 Å². The maximum Gasteiger partial charge on any atom is 0.347 e. The Morgan fingerprint density at radius 2 is 1.71 bits per heavy atom. The SMILES string of the molecule is Cc1cc(C)c(C)c(OCCOc2ccc(-c3nc(C)c(C(=O)O)s3)cc2)c1. The summed E-state index contributed by atoms with van der Waals surface area (Å²) in [5.74, 6) is 0.682. The van der Waals surface area contributed by atoms with Crippen LogP contribution in [0.5, 0.6) is 11.5 Å². The van der Waals surface area contributed by atoms with Crippen LogP contribution in [0.2, 0.25) is 0 Å². The topological polar surface area (TPSA) is 68.7 Å². The van der Waals surface area contributed by atoms with Crippen LogP contribution in [-0.2, 0) is 0 Å². The van der Waals surface area contributed by atoms with Gasteiger partial charge >= 0.3 is 5.97 Å². The van der Waals surface area contributed by atoms with Crippen molar-refractivity contribution in [3.8, 4) is 22.1 Å². The summed E-state index contributed by atoms with van der Waals surface area (Å²) in [5, 5.41) is 9.85. The van der Waals surface area contributed by atoms with Crippen molar-refractivity contribution < 1.29 is 19.4 Å². The second-order valence-corrected chi connectivity index (χ2v) is 7.66. The molecule has 0 unspecified atom stereocenters. The summed E-state index contributed by atoms with van der Waals surface area (Å²) in [5.41, 5.74) is 4.95. The van der Waals surface area contributed by atoms with Crippen LogP contribution < -0.4 is 9.47 Å². The summed E-state index contributed by atoms with van der Waals surface area (Å²) < 4.78 is 11.6. The third-order valence-corrected chi connectivity index (χ3v) is 5.66. The number of carboxylic acids is 1. The standard InChI is InChI=1S/C22H23NO4S/c1-13-11-14(2)15(3)19(12-13)27-10-9-26-18-7-5-17(6-8-18)21-23-16(4)20(28-21)22(24)25/h5-8,11-12H,9-10H2,1-4H3,(H,24,25). The molecule has 0 saturated carbocycles. The van der Waals surface area contributed by atoms with Gasteiger partial charge in [0.25, 0.3) is 0 Å². The zero-order valence-corrected chi connectivity index (χ0v) is 17.2. The molecule has 0 radical (unpaired) electrons. The van der Waals surface area contributed by atoms with E-state index in [0.717, 1.165) is 22.6 Å². The molecule has 0 aliphatic rings. The van der Waals surface area contributed by atoms with Crippen molar-refractivity contribution in [1.82, 2.24) is 4.98 Å². The number of hydrogen-bond acceptors (Lipinski definition) is 5. The van der Waals surface area contributed by atoms with E-state index in [1.807, 2.05) is 30.3 Å². The molecule has 0 saturated heterocycles.